The van der Waals surface area contributed by atoms with Gasteiger partial charge in [0.1, 0.15) is 21.1 Å². The van der Waals surface area contributed by atoms with E-state index in [4.69, 9.17) is 15.2 Å². The molecule has 0 saturated carbocycles. The predicted molar refractivity (Wildman–Crippen MR) is 52.4 cm³/mol. The SMILES string of the molecule is Nc1sc(I)c2c1OCCO2. The number of nitrogens with two attached hydrogens (primary N) is 1. The van der Waals surface area contributed by atoms with Crippen LogP contribution in [0.2, 0.25) is 0 Å². The van der Waals surface area contributed by atoms with E-state index in [1.807, 2.05) is 0 Å². The van der Waals surface area contributed by atoms with E-state index in [2.05, 4.69) is 22.6 Å². The van der Waals surface area contributed by atoms with E-state index in [-0.39, 0.29) is 0 Å². The summed E-state index contributed by atoms with van der Waals surface area (Å²) in [7, 11) is 0. The van der Waals surface area contributed by atoms with Crippen LogP contribution in [0.15, 0.2) is 0 Å². The molecule has 3 nitrogen and oxygen atoms in total. The van der Waals surface area contributed by atoms with E-state index >= 15 is 0 Å². The van der Waals surface area contributed by atoms with Gasteiger partial charge in [-0.1, -0.05) is 0 Å². The van der Waals surface area contributed by atoms with Crippen molar-refractivity contribution in [3.8, 4) is 11.5 Å². The van der Waals surface area contributed by atoms with Gasteiger partial charge < -0.3 is 15.2 Å². The van der Waals surface area contributed by atoms with Crippen LogP contribution in [0.1, 0.15) is 0 Å². The fraction of sp³-hybridized carbons (Fsp3) is 0.333. The van der Waals surface area contributed by atoms with Crippen molar-refractivity contribution in [2.24, 2.45) is 0 Å². The average Bonchev–Trinajstić information content (AvgIpc) is 2.30. The second kappa shape index (κ2) is 2.71. The van der Waals surface area contributed by atoms with Crippen LogP contribution < -0.4 is 15.2 Å². The van der Waals surface area contributed by atoms with Crippen LogP contribution in [0, 0.1) is 2.88 Å². The zero-order chi connectivity index (χ0) is 7.84. The summed E-state index contributed by atoms with van der Waals surface area (Å²) in [5.41, 5.74) is 5.67. The highest BCUT2D eigenvalue weighted by Gasteiger charge is 2.20. The Kier molecular flexibility index (Phi) is 1.84. The first-order valence-electron chi connectivity index (χ1n) is 3.12. The number of hydrogen-bond donors (Lipinski definition) is 1. The molecule has 2 rings (SSSR count). The van der Waals surface area contributed by atoms with Gasteiger partial charge in [0.05, 0.1) is 0 Å². The van der Waals surface area contributed by atoms with Gasteiger partial charge in [0.2, 0.25) is 0 Å². The predicted octanol–water partition coefficient (Wildman–Crippen LogP) is 1.71. The van der Waals surface area contributed by atoms with Gasteiger partial charge in [-0.25, -0.2) is 0 Å². The van der Waals surface area contributed by atoms with Crippen molar-refractivity contribution in [2.45, 2.75) is 0 Å². The molecule has 0 aliphatic carbocycles. The Labute approximate surface area is 81.6 Å². The zero-order valence-electron chi connectivity index (χ0n) is 5.59. The molecule has 5 heteroatoms. The molecule has 2 heterocycles. The summed E-state index contributed by atoms with van der Waals surface area (Å²) >= 11 is 3.70. The fourth-order valence-electron chi connectivity index (χ4n) is 0.937. The number of hydrogen-bond acceptors (Lipinski definition) is 4. The van der Waals surface area contributed by atoms with Crippen LogP contribution in [-0.2, 0) is 0 Å². The van der Waals surface area contributed by atoms with Crippen molar-refractivity contribution in [3.63, 3.8) is 0 Å². The van der Waals surface area contributed by atoms with E-state index < -0.39 is 0 Å². The van der Waals surface area contributed by atoms with Crippen LogP contribution >= 0.6 is 33.9 Å². The van der Waals surface area contributed by atoms with E-state index in [0.717, 1.165) is 14.4 Å². The number of fused-ring (bicyclic) bond motifs is 1. The highest BCUT2D eigenvalue weighted by atomic mass is 127. The third kappa shape index (κ3) is 1.16. The molecular weight excluding hydrogens is 277 g/mol. The summed E-state index contributed by atoms with van der Waals surface area (Å²) in [6.45, 7) is 1.23. The molecule has 0 bridgehead atoms. The number of thiophene rings is 1. The number of ether oxygens (including phenoxy) is 2. The topological polar surface area (TPSA) is 44.5 Å². The molecule has 0 atom stereocenters. The lowest BCUT2D eigenvalue weighted by molar-refractivity contribution is 0.173. The van der Waals surface area contributed by atoms with Crippen molar-refractivity contribution in [2.75, 3.05) is 18.9 Å². The molecule has 0 radical (unpaired) electrons. The molecular formula is C6H6INO2S. The monoisotopic (exact) mass is 283 g/mol. The summed E-state index contributed by atoms with van der Waals surface area (Å²) in [5, 5.41) is 0.712. The van der Waals surface area contributed by atoms with Gasteiger partial charge in [-0.15, -0.1) is 11.3 Å². The first-order valence-corrected chi connectivity index (χ1v) is 5.02. The quantitative estimate of drug-likeness (QED) is 0.737. The van der Waals surface area contributed by atoms with Gasteiger partial charge in [0.15, 0.2) is 11.5 Å². The summed E-state index contributed by atoms with van der Waals surface area (Å²) < 4.78 is 11.8. The minimum atomic E-state index is 0.601. The van der Waals surface area contributed by atoms with Crippen LogP contribution in [0.3, 0.4) is 0 Å². The van der Waals surface area contributed by atoms with Crippen LogP contribution in [-0.4, -0.2) is 13.2 Å². The Morgan fingerprint density at radius 2 is 1.91 bits per heavy atom. The molecule has 0 spiro atoms. The van der Waals surface area contributed by atoms with Crippen molar-refractivity contribution in [1.82, 2.24) is 0 Å². The van der Waals surface area contributed by atoms with E-state index in [1.165, 1.54) is 11.3 Å². The molecule has 0 unspecified atom stereocenters. The van der Waals surface area contributed by atoms with E-state index in [0.29, 0.717) is 18.2 Å². The summed E-state index contributed by atoms with van der Waals surface area (Å²) in [6.07, 6.45) is 0. The third-order valence-corrected chi connectivity index (χ3v) is 3.30. The molecule has 11 heavy (non-hydrogen) atoms. The molecule has 2 N–H and O–H groups in total. The molecule has 1 aromatic heterocycles. The second-order valence-electron chi connectivity index (χ2n) is 2.10. The Hall–Kier alpha value is -0.170. The standard InChI is InChI=1S/C6H6INO2S/c7-5-3-4(6(8)11-5)10-2-1-9-3/h1-2,8H2. The van der Waals surface area contributed by atoms with E-state index in [9.17, 15) is 0 Å². The normalized spacial score (nSPS) is 15.0. The molecule has 0 aromatic carbocycles. The summed E-state index contributed by atoms with van der Waals surface area (Å²) in [6, 6.07) is 0. The molecule has 1 aliphatic heterocycles. The molecule has 60 valence electrons. The Bertz CT molecular complexity index is 260. The highest BCUT2D eigenvalue weighted by molar-refractivity contribution is 14.1. The van der Waals surface area contributed by atoms with Gasteiger partial charge >= 0.3 is 0 Å². The number of anilines is 1. The lowest BCUT2D eigenvalue weighted by Crippen LogP contribution is -2.15. The fourth-order valence-corrected chi connectivity index (χ4v) is 2.73. The Morgan fingerprint density at radius 1 is 1.27 bits per heavy atom. The van der Waals surface area contributed by atoms with Gasteiger partial charge in [-0.05, 0) is 22.6 Å². The van der Waals surface area contributed by atoms with Crippen molar-refractivity contribution in [1.29, 1.82) is 0 Å². The maximum absolute atomic E-state index is 5.67. The third-order valence-electron chi connectivity index (χ3n) is 1.38. The van der Waals surface area contributed by atoms with Crippen molar-refractivity contribution >= 4 is 38.9 Å². The largest absolute Gasteiger partial charge is 0.484 e. The maximum Gasteiger partial charge on any atom is 0.196 e. The van der Waals surface area contributed by atoms with Gasteiger partial charge in [-0.2, -0.15) is 0 Å². The summed E-state index contributed by atoms with van der Waals surface area (Å²) in [5.74, 6) is 1.55. The number of rotatable bonds is 0. The van der Waals surface area contributed by atoms with Crippen molar-refractivity contribution < 1.29 is 9.47 Å². The first-order chi connectivity index (χ1) is 5.29. The van der Waals surface area contributed by atoms with Gasteiger partial charge in [0.25, 0.3) is 0 Å². The van der Waals surface area contributed by atoms with Crippen molar-refractivity contribution in [3.05, 3.63) is 2.88 Å². The maximum atomic E-state index is 5.67. The molecule has 0 saturated heterocycles. The lowest BCUT2D eigenvalue weighted by Gasteiger charge is -2.15. The zero-order valence-corrected chi connectivity index (χ0v) is 8.57. The molecule has 0 fully saturated rings. The van der Waals surface area contributed by atoms with E-state index in [1.54, 1.807) is 0 Å². The minimum absolute atomic E-state index is 0.601. The van der Waals surface area contributed by atoms with Crippen LogP contribution in [0.25, 0.3) is 0 Å². The van der Waals surface area contributed by atoms with Crippen LogP contribution in [0.5, 0.6) is 11.5 Å². The molecule has 0 amide bonds. The second-order valence-corrected chi connectivity index (χ2v) is 4.96. The Morgan fingerprint density at radius 3 is 2.55 bits per heavy atom. The lowest BCUT2D eigenvalue weighted by atomic mass is 10.5. The Balaban J connectivity index is 2.52. The smallest absolute Gasteiger partial charge is 0.196 e. The molecule has 1 aliphatic rings. The van der Waals surface area contributed by atoms with Gasteiger partial charge in [-0.3, -0.25) is 0 Å². The average molecular weight is 283 g/mol. The highest BCUT2D eigenvalue weighted by Crippen LogP contribution is 2.46. The molecule has 1 aromatic rings. The minimum Gasteiger partial charge on any atom is -0.484 e. The van der Waals surface area contributed by atoms with Crippen LogP contribution in [0.4, 0.5) is 5.00 Å². The first kappa shape index (κ1) is 7.48. The van der Waals surface area contributed by atoms with Gasteiger partial charge in [0, 0.05) is 0 Å². The number of halogens is 1. The number of nitrogen functional groups attached to an aromatic ring is 1. The summed E-state index contributed by atoms with van der Waals surface area (Å²) in [4.78, 5) is 0.